The highest BCUT2D eigenvalue weighted by Crippen LogP contribution is 2.39. The van der Waals surface area contributed by atoms with Crippen LogP contribution in [0.5, 0.6) is 0 Å². The quantitative estimate of drug-likeness (QED) is 0.581. The molecule has 8 heteroatoms. The number of H-pyrrole nitrogens is 1. The van der Waals surface area contributed by atoms with Crippen molar-refractivity contribution in [2.24, 2.45) is 0 Å². The molecule has 0 bridgehead atoms. The first-order valence-electron chi connectivity index (χ1n) is 10.00. The number of aromatic amines is 1. The molecule has 29 heavy (non-hydrogen) atoms. The van der Waals surface area contributed by atoms with Gasteiger partial charge in [-0.1, -0.05) is 36.4 Å². The molecule has 0 saturated heterocycles. The van der Waals surface area contributed by atoms with E-state index in [0.29, 0.717) is 5.95 Å². The number of anilines is 2. The van der Waals surface area contributed by atoms with E-state index in [0.717, 1.165) is 49.8 Å². The van der Waals surface area contributed by atoms with Crippen molar-refractivity contribution in [3.8, 4) is 0 Å². The number of nitrogens with one attached hydrogen (secondary N) is 3. The highest BCUT2D eigenvalue weighted by molar-refractivity contribution is 7.89. The van der Waals surface area contributed by atoms with E-state index in [4.69, 9.17) is 0 Å². The number of benzene rings is 2. The molecule has 0 atom stereocenters. The van der Waals surface area contributed by atoms with Gasteiger partial charge >= 0.3 is 0 Å². The number of aryl methyl sites for hydroxylation is 2. The topological polar surface area (TPSA) is 99.8 Å². The maximum atomic E-state index is 12.6. The summed E-state index contributed by atoms with van der Waals surface area (Å²) in [6.45, 7) is 0.201. The molecule has 3 aromatic rings. The standard InChI is InChI=1S/C21H23N5O2S/c27-29(28,22-13-14-6-2-1-3-7-14)21-24-20(25-26-21)23-19-17-10-4-8-15(17)12-16-9-5-11-18(16)19/h1-3,6-7,12,22H,4-5,8-11,13H2,(H2,23,24,25,26). The van der Waals surface area contributed by atoms with Crippen LogP contribution in [-0.2, 0) is 42.3 Å². The number of fused-ring (bicyclic) bond motifs is 2. The molecule has 2 aliphatic rings. The van der Waals surface area contributed by atoms with E-state index in [1.54, 1.807) is 0 Å². The SMILES string of the molecule is O=S(=O)(NCc1ccccc1)c1nc(Nc2c3c(cc4c2CCC4)CCC3)n[nH]1. The molecule has 5 rings (SSSR count). The molecular weight excluding hydrogens is 386 g/mol. The second-order valence-electron chi connectivity index (χ2n) is 7.63. The van der Waals surface area contributed by atoms with Crippen molar-refractivity contribution in [1.29, 1.82) is 0 Å². The number of rotatable bonds is 6. The Hall–Kier alpha value is -2.71. The molecule has 3 N–H and O–H groups in total. The van der Waals surface area contributed by atoms with E-state index in [1.165, 1.54) is 22.3 Å². The Morgan fingerprint density at radius 3 is 2.34 bits per heavy atom. The van der Waals surface area contributed by atoms with Gasteiger partial charge in [-0.3, -0.25) is 0 Å². The highest BCUT2D eigenvalue weighted by atomic mass is 32.2. The summed E-state index contributed by atoms with van der Waals surface area (Å²) in [4.78, 5) is 4.21. The highest BCUT2D eigenvalue weighted by Gasteiger charge is 2.25. The molecular formula is C21H23N5O2S. The van der Waals surface area contributed by atoms with Gasteiger partial charge in [-0.15, -0.1) is 5.10 Å². The Labute approximate surface area is 170 Å². The van der Waals surface area contributed by atoms with Gasteiger partial charge in [0.15, 0.2) is 0 Å². The summed E-state index contributed by atoms with van der Waals surface area (Å²) in [5, 5.41) is 9.83. The van der Waals surface area contributed by atoms with Crippen LogP contribution in [0, 0.1) is 0 Å². The molecule has 0 saturated carbocycles. The van der Waals surface area contributed by atoms with Crippen molar-refractivity contribution in [3.63, 3.8) is 0 Å². The fourth-order valence-electron chi connectivity index (χ4n) is 4.34. The van der Waals surface area contributed by atoms with Crippen molar-refractivity contribution in [2.75, 3.05) is 5.32 Å². The number of hydrogen-bond acceptors (Lipinski definition) is 5. The monoisotopic (exact) mass is 409 g/mol. The van der Waals surface area contributed by atoms with E-state index in [9.17, 15) is 8.42 Å². The van der Waals surface area contributed by atoms with Crippen molar-refractivity contribution in [1.82, 2.24) is 19.9 Å². The van der Waals surface area contributed by atoms with E-state index in [1.807, 2.05) is 30.3 Å². The lowest BCUT2D eigenvalue weighted by Crippen LogP contribution is -2.24. The van der Waals surface area contributed by atoms with Crippen LogP contribution >= 0.6 is 0 Å². The maximum absolute atomic E-state index is 12.6. The summed E-state index contributed by atoms with van der Waals surface area (Å²) in [5.41, 5.74) is 7.45. The summed E-state index contributed by atoms with van der Waals surface area (Å²) in [6, 6.07) is 11.7. The zero-order valence-corrected chi connectivity index (χ0v) is 16.8. The third-order valence-corrected chi connectivity index (χ3v) is 6.95. The molecule has 150 valence electrons. The van der Waals surface area contributed by atoms with E-state index < -0.39 is 10.0 Å². The lowest BCUT2D eigenvalue weighted by Gasteiger charge is -2.15. The van der Waals surface area contributed by atoms with Gasteiger partial charge in [-0.2, -0.15) is 4.98 Å². The summed E-state index contributed by atoms with van der Waals surface area (Å²) in [6.07, 6.45) is 6.61. The van der Waals surface area contributed by atoms with E-state index >= 15 is 0 Å². The van der Waals surface area contributed by atoms with Crippen molar-refractivity contribution >= 4 is 21.7 Å². The first-order chi connectivity index (χ1) is 14.1. The van der Waals surface area contributed by atoms with Crippen molar-refractivity contribution < 1.29 is 8.42 Å². The first-order valence-corrected chi connectivity index (χ1v) is 11.5. The fourth-order valence-corrected chi connectivity index (χ4v) is 5.21. The smallest absolute Gasteiger partial charge is 0.276 e. The molecule has 0 amide bonds. The molecule has 1 aromatic heterocycles. The minimum absolute atomic E-state index is 0.180. The van der Waals surface area contributed by atoms with Crippen molar-refractivity contribution in [2.45, 2.75) is 50.2 Å². The Bertz CT molecular complexity index is 1120. The average molecular weight is 410 g/mol. The maximum Gasteiger partial charge on any atom is 0.276 e. The van der Waals surface area contributed by atoms with Crippen LogP contribution in [0.4, 0.5) is 11.6 Å². The van der Waals surface area contributed by atoms with Gasteiger partial charge in [0.25, 0.3) is 15.2 Å². The molecule has 0 unspecified atom stereocenters. The summed E-state index contributed by atoms with van der Waals surface area (Å²) < 4.78 is 27.7. The Morgan fingerprint density at radius 2 is 1.66 bits per heavy atom. The molecule has 0 fully saturated rings. The number of hydrogen-bond donors (Lipinski definition) is 3. The molecule has 2 aromatic carbocycles. The van der Waals surface area contributed by atoms with Crippen LogP contribution in [-0.4, -0.2) is 23.6 Å². The zero-order chi connectivity index (χ0) is 19.8. The zero-order valence-electron chi connectivity index (χ0n) is 16.0. The summed E-state index contributed by atoms with van der Waals surface area (Å²) >= 11 is 0. The van der Waals surface area contributed by atoms with Crippen LogP contribution in [0.2, 0.25) is 0 Å². The van der Waals surface area contributed by atoms with Crippen LogP contribution in [0.1, 0.15) is 40.7 Å². The van der Waals surface area contributed by atoms with Crippen LogP contribution < -0.4 is 10.0 Å². The summed E-state index contributed by atoms with van der Waals surface area (Å²) in [5.74, 6) is 0.291. The Morgan fingerprint density at radius 1 is 0.966 bits per heavy atom. The van der Waals surface area contributed by atoms with E-state index in [-0.39, 0.29) is 11.7 Å². The van der Waals surface area contributed by atoms with E-state index in [2.05, 4.69) is 31.3 Å². The van der Waals surface area contributed by atoms with Crippen molar-refractivity contribution in [3.05, 3.63) is 64.2 Å². The molecule has 2 aliphatic carbocycles. The second-order valence-corrected chi connectivity index (χ2v) is 9.32. The third-order valence-electron chi connectivity index (χ3n) is 5.74. The minimum atomic E-state index is -3.77. The Balaban J connectivity index is 1.38. The van der Waals surface area contributed by atoms with Gasteiger partial charge in [0.1, 0.15) is 0 Å². The van der Waals surface area contributed by atoms with Gasteiger partial charge in [0.05, 0.1) is 0 Å². The molecule has 0 spiro atoms. The lowest BCUT2D eigenvalue weighted by molar-refractivity contribution is 0.572. The molecule has 7 nitrogen and oxygen atoms in total. The molecule has 0 aliphatic heterocycles. The average Bonchev–Trinajstić information content (AvgIpc) is 3.47. The predicted molar refractivity (Wildman–Crippen MR) is 111 cm³/mol. The van der Waals surface area contributed by atoms with Crippen LogP contribution in [0.3, 0.4) is 0 Å². The largest absolute Gasteiger partial charge is 0.322 e. The molecule has 1 heterocycles. The number of aromatic nitrogens is 3. The van der Waals surface area contributed by atoms with Gasteiger partial charge < -0.3 is 5.32 Å². The van der Waals surface area contributed by atoms with Crippen LogP contribution in [0.25, 0.3) is 0 Å². The van der Waals surface area contributed by atoms with Gasteiger partial charge in [0, 0.05) is 12.2 Å². The second kappa shape index (κ2) is 7.27. The van der Waals surface area contributed by atoms with Gasteiger partial charge in [-0.05, 0) is 66.3 Å². The minimum Gasteiger partial charge on any atom is -0.322 e. The Kier molecular flexibility index (Phi) is 4.60. The van der Waals surface area contributed by atoms with Gasteiger partial charge in [0.2, 0.25) is 5.95 Å². The van der Waals surface area contributed by atoms with Crippen LogP contribution in [0.15, 0.2) is 41.6 Å². The lowest BCUT2D eigenvalue weighted by atomic mass is 9.99. The molecule has 0 radical (unpaired) electrons. The predicted octanol–water partition coefficient (Wildman–Crippen LogP) is 3.00. The number of sulfonamides is 1. The number of nitrogens with zero attached hydrogens (tertiary/aromatic N) is 2. The third kappa shape index (κ3) is 3.54. The van der Waals surface area contributed by atoms with Gasteiger partial charge in [-0.25, -0.2) is 18.2 Å². The first kappa shape index (κ1) is 18.3. The summed E-state index contributed by atoms with van der Waals surface area (Å²) in [7, 11) is -3.77. The fraction of sp³-hybridized carbons (Fsp3) is 0.333. The normalized spacial score (nSPS) is 15.3.